The number of fused-ring (bicyclic) bond motifs is 1. The van der Waals surface area contributed by atoms with Crippen LogP contribution in [0.5, 0.6) is 0 Å². The van der Waals surface area contributed by atoms with Crippen molar-refractivity contribution >= 4 is 22.7 Å². The second kappa shape index (κ2) is 8.45. The molecule has 160 valence electrons. The quantitative estimate of drug-likeness (QED) is 0.466. The molecule has 4 rings (SSSR count). The van der Waals surface area contributed by atoms with E-state index < -0.39 is 0 Å². The van der Waals surface area contributed by atoms with E-state index >= 15 is 0 Å². The number of benzene rings is 2. The number of para-hydroxylation sites is 2. The Bertz CT molecular complexity index is 1010. The SMILES string of the molecule is CCc1ccc(Nc2nc3ccccc3n2C[C@@H]2C[C@H](C)CC(C)(C)C2)c(CC)c1. The highest BCUT2D eigenvalue weighted by molar-refractivity contribution is 5.80. The van der Waals surface area contributed by atoms with Gasteiger partial charge in [-0.25, -0.2) is 4.98 Å². The number of rotatable bonds is 6. The number of aromatic nitrogens is 2. The smallest absolute Gasteiger partial charge is 0.208 e. The third-order valence-electron chi connectivity index (χ3n) is 6.78. The average molecular weight is 404 g/mol. The molecule has 0 aliphatic heterocycles. The molecule has 2 atom stereocenters. The Morgan fingerprint density at radius 1 is 1.07 bits per heavy atom. The molecule has 1 aliphatic rings. The Kier molecular flexibility index (Phi) is 5.90. The molecule has 1 heterocycles. The van der Waals surface area contributed by atoms with Gasteiger partial charge in [-0.3, -0.25) is 0 Å². The normalized spacial score (nSPS) is 21.1. The van der Waals surface area contributed by atoms with Gasteiger partial charge in [0.1, 0.15) is 0 Å². The lowest BCUT2D eigenvalue weighted by atomic mass is 9.68. The number of nitrogens with one attached hydrogen (secondary N) is 1. The predicted molar refractivity (Wildman–Crippen MR) is 128 cm³/mol. The maximum Gasteiger partial charge on any atom is 0.208 e. The van der Waals surface area contributed by atoms with Crippen molar-refractivity contribution in [2.24, 2.45) is 17.3 Å². The van der Waals surface area contributed by atoms with Gasteiger partial charge in [-0.1, -0.05) is 58.9 Å². The summed E-state index contributed by atoms with van der Waals surface area (Å²) in [5, 5.41) is 3.71. The van der Waals surface area contributed by atoms with Gasteiger partial charge in [-0.05, 0) is 78.7 Å². The maximum atomic E-state index is 5.00. The highest BCUT2D eigenvalue weighted by atomic mass is 15.2. The summed E-state index contributed by atoms with van der Waals surface area (Å²) >= 11 is 0. The monoisotopic (exact) mass is 403 g/mol. The lowest BCUT2D eigenvalue weighted by Crippen LogP contribution is -2.30. The van der Waals surface area contributed by atoms with Crippen LogP contribution in [0.15, 0.2) is 42.5 Å². The van der Waals surface area contributed by atoms with E-state index in [0.717, 1.165) is 36.8 Å². The van der Waals surface area contributed by atoms with Crippen LogP contribution in [0.4, 0.5) is 11.6 Å². The fraction of sp³-hybridized carbons (Fsp3) is 0.519. The number of nitrogens with zero attached hydrogens (tertiary/aromatic N) is 2. The molecule has 0 radical (unpaired) electrons. The molecule has 3 aromatic rings. The van der Waals surface area contributed by atoms with Gasteiger partial charge in [0.15, 0.2) is 0 Å². The Labute approximate surface area is 181 Å². The van der Waals surface area contributed by atoms with Crippen LogP contribution in [0.3, 0.4) is 0 Å². The van der Waals surface area contributed by atoms with E-state index in [0.29, 0.717) is 11.3 Å². The van der Waals surface area contributed by atoms with Gasteiger partial charge in [0.05, 0.1) is 11.0 Å². The first-order valence-electron chi connectivity index (χ1n) is 11.7. The van der Waals surface area contributed by atoms with Gasteiger partial charge in [0.25, 0.3) is 0 Å². The summed E-state index contributed by atoms with van der Waals surface area (Å²) in [4.78, 5) is 5.00. The van der Waals surface area contributed by atoms with E-state index in [-0.39, 0.29) is 0 Å². The fourth-order valence-electron chi connectivity index (χ4n) is 5.70. The summed E-state index contributed by atoms with van der Waals surface area (Å²) in [6.07, 6.45) is 6.02. The minimum atomic E-state index is 0.428. The van der Waals surface area contributed by atoms with Crippen LogP contribution in [0.2, 0.25) is 0 Å². The molecule has 0 saturated heterocycles. The maximum absolute atomic E-state index is 5.00. The van der Waals surface area contributed by atoms with Gasteiger partial charge in [0, 0.05) is 12.2 Å². The van der Waals surface area contributed by atoms with Crippen molar-refractivity contribution in [3.63, 3.8) is 0 Å². The molecule has 0 unspecified atom stereocenters. The first-order chi connectivity index (χ1) is 14.4. The largest absolute Gasteiger partial charge is 0.325 e. The molecule has 0 spiro atoms. The lowest BCUT2D eigenvalue weighted by Gasteiger charge is -2.39. The van der Waals surface area contributed by atoms with Crippen LogP contribution in [0.1, 0.15) is 65.0 Å². The molecule has 1 aromatic heterocycles. The van der Waals surface area contributed by atoms with E-state index in [1.54, 1.807) is 0 Å². The molecular formula is C27H37N3. The molecule has 0 bridgehead atoms. The molecule has 30 heavy (non-hydrogen) atoms. The van der Waals surface area contributed by atoms with Crippen LogP contribution in [0, 0.1) is 17.3 Å². The number of hydrogen-bond acceptors (Lipinski definition) is 2. The number of hydrogen-bond donors (Lipinski definition) is 1. The Hall–Kier alpha value is -2.29. The van der Waals surface area contributed by atoms with Crippen molar-refractivity contribution in [1.29, 1.82) is 0 Å². The summed E-state index contributed by atoms with van der Waals surface area (Å²) in [5.74, 6) is 2.46. The molecule has 1 saturated carbocycles. The van der Waals surface area contributed by atoms with E-state index in [1.807, 2.05) is 0 Å². The van der Waals surface area contributed by atoms with Crippen LogP contribution < -0.4 is 5.32 Å². The molecule has 1 fully saturated rings. The zero-order valence-electron chi connectivity index (χ0n) is 19.3. The van der Waals surface area contributed by atoms with Crippen LogP contribution in [-0.2, 0) is 19.4 Å². The number of imidazole rings is 1. The van der Waals surface area contributed by atoms with Crippen molar-refractivity contribution in [2.45, 2.75) is 73.3 Å². The molecule has 0 amide bonds. The van der Waals surface area contributed by atoms with E-state index in [4.69, 9.17) is 4.98 Å². The Morgan fingerprint density at radius 3 is 2.60 bits per heavy atom. The topological polar surface area (TPSA) is 29.9 Å². The van der Waals surface area contributed by atoms with Gasteiger partial charge < -0.3 is 9.88 Å². The summed E-state index contributed by atoms with van der Waals surface area (Å²) in [7, 11) is 0. The van der Waals surface area contributed by atoms with Crippen LogP contribution in [0.25, 0.3) is 11.0 Å². The van der Waals surface area contributed by atoms with Crippen molar-refractivity contribution in [3.8, 4) is 0 Å². The van der Waals surface area contributed by atoms with E-state index in [1.165, 1.54) is 41.6 Å². The first-order valence-corrected chi connectivity index (χ1v) is 11.7. The van der Waals surface area contributed by atoms with Crippen LogP contribution >= 0.6 is 0 Å². The average Bonchev–Trinajstić information content (AvgIpc) is 3.04. The molecule has 3 heteroatoms. The highest BCUT2D eigenvalue weighted by Crippen LogP contribution is 2.43. The summed E-state index contributed by atoms with van der Waals surface area (Å²) < 4.78 is 2.43. The van der Waals surface area contributed by atoms with E-state index in [9.17, 15) is 0 Å². The number of anilines is 2. The van der Waals surface area contributed by atoms with Gasteiger partial charge in [-0.15, -0.1) is 0 Å². The fourth-order valence-corrected chi connectivity index (χ4v) is 5.70. The zero-order chi connectivity index (χ0) is 21.3. The second-order valence-corrected chi connectivity index (χ2v) is 10.1. The summed E-state index contributed by atoms with van der Waals surface area (Å²) in [6.45, 7) is 12.8. The molecule has 1 N–H and O–H groups in total. The Balaban J connectivity index is 1.69. The van der Waals surface area contributed by atoms with Gasteiger partial charge in [0.2, 0.25) is 5.95 Å². The highest BCUT2D eigenvalue weighted by Gasteiger charge is 2.32. The van der Waals surface area contributed by atoms with Gasteiger partial charge in [-0.2, -0.15) is 0 Å². The van der Waals surface area contributed by atoms with Crippen LogP contribution in [-0.4, -0.2) is 9.55 Å². The molecule has 3 nitrogen and oxygen atoms in total. The van der Waals surface area contributed by atoms with Gasteiger partial charge >= 0.3 is 0 Å². The van der Waals surface area contributed by atoms with E-state index in [2.05, 4.69) is 87.0 Å². The first kappa shape index (κ1) is 21.0. The summed E-state index contributed by atoms with van der Waals surface area (Å²) in [5.41, 5.74) is 6.68. The third kappa shape index (κ3) is 4.40. The molecule has 1 aliphatic carbocycles. The molecular weight excluding hydrogens is 366 g/mol. The second-order valence-electron chi connectivity index (χ2n) is 10.1. The Morgan fingerprint density at radius 2 is 1.87 bits per heavy atom. The lowest BCUT2D eigenvalue weighted by molar-refractivity contribution is 0.123. The third-order valence-corrected chi connectivity index (χ3v) is 6.78. The molecule has 2 aromatic carbocycles. The minimum Gasteiger partial charge on any atom is -0.325 e. The van der Waals surface area contributed by atoms with Crippen molar-refractivity contribution < 1.29 is 0 Å². The van der Waals surface area contributed by atoms with Crippen molar-refractivity contribution in [3.05, 3.63) is 53.6 Å². The standard InChI is InChI=1S/C27H37N3/c1-6-20-12-13-23(22(7-2)15-20)28-26-29-24-10-8-9-11-25(24)30(26)18-21-14-19(3)16-27(4,5)17-21/h8-13,15,19,21H,6-7,14,16-18H2,1-5H3,(H,28,29)/t19-,21+/m0/s1. The van der Waals surface area contributed by atoms with Crippen molar-refractivity contribution in [2.75, 3.05) is 5.32 Å². The predicted octanol–water partition coefficient (Wildman–Crippen LogP) is 7.37. The number of aryl methyl sites for hydroxylation is 2. The summed E-state index contributed by atoms with van der Waals surface area (Å²) in [6, 6.07) is 15.4. The minimum absolute atomic E-state index is 0.428. The zero-order valence-corrected chi connectivity index (χ0v) is 19.3. The van der Waals surface area contributed by atoms with Crippen molar-refractivity contribution in [1.82, 2.24) is 9.55 Å².